The summed E-state index contributed by atoms with van der Waals surface area (Å²) in [5.41, 5.74) is 2.70. The van der Waals surface area contributed by atoms with Crippen molar-refractivity contribution >= 4 is 17.3 Å². The Labute approximate surface area is 123 Å². The molecule has 0 saturated heterocycles. The Bertz CT molecular complexity index is 632. The number of methoxy groups -OCH3 is 1. The van der Waals surface area contributed by atoms with Gasteiger partial charge in [0.15, 0.2) is 0 Å². The molecule has 2 aromatic rings. The van der Waals surface area contributed by atoms with Crippen molar-refractivity contribution in [3.63, 3.8) is 0 Å². The number of nitrogens with one attached hydrogen (secondary N) is 1. The monoisotopic (exact) mass is 286 g/mol. The van der Waals surface area contributed by atoms with Gasteiger partial charge in [-0.1, -0.05) is 23.7 Å². The number of halogens is 1. The molecule has 0 aromatic heterocycles. The Balaban J connectivity index is 2.14. The molecule has 0 bridgehead atoms. The van der Waals surface area contributed by atoms with E-state index in [1.807, 2.05) is 36.4 Å². The topological polar surface area (TPSA) is 45.0 Å². The zero-order valence-electron chi connectivity index (χ0n) is 11.4. The first-order chi connectivity index (χ1) is 9.63. The summed E-state index contributed by atoms with van der Waals surface area (Å²) < 4.78 is 5.20. The summed E-state index contributed by atoms with van der Waals surface area (Å²) in [4.78, 5) is 0. The number of ether oxygens (including phenoxy) is 1. The van der Waals surface area contributed by atoms with Gasteiger partial charge < -0.3 is 10.1 Å². The van der Waals surface area contributed by atoms with Gasteiger partial charge in [0.1, 0.15) is 5.75 Å². The van der Waals surface area contributed by atoms with E-state index in [0.29, 0.717) is 16.3 Å². The third kappa shape index (κ3) is 3.23. The molecule has 0 aliphatic heterocycles. The third-order valence-corrected chi connectivity index (χ3v) is 3.39. The summed E-state index contributed by atoms with van der Waals surface area (Å²) >= 11 is 6.00. The molecule has 0 amide bonds. The van der Waals surface area contributed by atoms with Crippen LogP contribution in [-0.2, 0) is 0 Å². The molecule has 0 radical (unpaired) electrons. The number of anilines is 1. The minimum absolute atomic E-state index is 0.119. The predicted octanol–water partition coefficient (Wildman–Crippen LogP) is 4.39. The molecule has 0 aliphatic rings. The van der Waals surface area contributed by atoms with Gasteiger partial charge in [-0.15, -0.1) is 0 Å². The van der Waals surface area contributed by atoms with E-state index in [1.54, 1.807) is 13.2 Å². The molecule has 0 saturated carbocycles. The van der Waals surface area contributed by atoms with Crippen LogP contribution < -0.4 is 10.1 Å². The number of hydrogen-bond acceptors (Lipinski definition) is 3. The summed E-state index contributed by atoms with van der Waals surface area (Å²) in [5.74, 6) is 0.642. The van der Waals surface area contributed by atoms with Gasteiger partial charge in [0.05, 0.1) is 23.8 Å². The molecule has 2 aromatic carbocycles. The molecule has 4 heteroatoms. The Morgan fingerprint density at radius 2 is 1.90 bits per heavy atom. The van der Waals surface area contributed by atoms with Crippen molar-refractivity contribution in [3.05, 3.63) is 58.6 Å². The molecule has 102 valence electrons. The molecular weight excluding hydrogens is 272 g/mol. The van der Waals surface area contributed by atoms with Crippen LogP contribution in [0.3, 0.4) is 0 Å². The highest BCUT2D eigenvalue weighted by Gasteiger charge is 2.07. The predicted molar refractivity (Wildman–Crippen MR) is 81.2 cm³/mol. The fourth-order valence-electron chi connectivity index (χ4n) is 1.93. The number of hydrogen-bond donors (Lipinski definition) is 1. The van der Waals surface area contributed by atoms with Crippen molar-refractivity contribution in [2.24, 2.45) is 0 Å². The first-order valence-electron chi connectivity index (χ1n) is 6.24. The number of rotatable bonds is 4. The molecule has 0 spiro atoms. The smallest absolute Gasteiger partial charge is 0.139 e. The Kier molecular flexibility index (Phi) is 4.49. The Morgan fingerprint density at radius 1 is 1.20 bits per heavy atom. The Hall–Kier alpha value is -2.18. The largest absolute Gasteiger partial charge is 0.495 e. The fraction of sp³-hybridized carbons (Fsp3) is 0.188. The number of nitrogens with zero attached hydrogens (tertiary/aromatic N) is 1. The fourth-order valence-corrected chi connectivity index (χ4v) is 2.12. The van der Waals surface area contributed by atoms with Crippen molar-refractivity contribution in [2.75, 3.05) is 12.4 Å². The standard InChI is InChI=1S/C16H15ClN2O/c1-11(13-5-3-12(10-18)4-6-13)19-14-7-8-15(17)16(9-14)20-2/h3-9,11,19H,1-2H3. The lowest BCUT2D eigenvalue weighted by Gasteiger charge is -2.16. The second-order valence-corrected chi connectivity index (χ2v) is 4.86. The normalized spacial score (nSPS) is 11.5. The van der Waals surface area contributed by atoms with Crippen molar-refractivity contribution in [1.82, 2.24) is 0 Å². The highest BCUT2D eigenvalue weighted by atomic mass is 35.5. The molecule has 1 N–H and O–H groups in total. The highest BCUT2D eigenvalue weighted by molar-refractivity contribution is 6.32. The van der Waals surface area contributed by atoms with Crippen LogP contribution in [0.5, 0.6) is 5.75 Å². The van der Waals surface area contributed by atoms with Crippen LogP contribution >= 0.6 is 11.6 Å². The molecule has 1 atom stereocenters. The molecule has 20 heavy (non-hydrogen) atoms. The zero-order valence-corrected chi connectivity index (χ0v) is 12.1. The summed E-state index contributed by atoms with van der Waals surface area (Å²) in [6.07, 6.45) is 0. The van der Waals surface area contributed by atoms with E-state index >= 15 is 0 Å². The van der Waals surface area contributed by atoms with Crippen molar-refractivity contribution in [3.8, 4) is 11.8 Å². The summed E-state index contributed by atoms with van der Waals surface area (Å²) in [6.45, 7) is 2.06. The van der Waals surface area contributed by atoms with Crippen LogP contribution in [0.25, 0.3) is 0 Å². The van der Waals surface area contributed by atoms with Gasteiger partial charge in [0.2, 0.25) is 0 Å². The summed E-state index contributed by atoms with van der Waals surface area (Å²) in [6, 6.07) is 15.3. The van der Waals surface area contributed by atoms with Crippen molar-refractivity contribution in [2.45, 2.75) is 13.0 Å². The second kappa shape index (κ2) is 6.31. The van der Waals surface area contributed by atoms with Gasteiger partial charge in [-0.05, 0) is 36.8 Å². The van der Waals surface area contributed by atoms with E-state index in [1.165, 1.54) is 0 Å². The van der Waals surface area contributed by atoms with E-state index in [-0.39, 0.29) is 6.04 Å². The lowest BCUT2D eigenvalue weighted by atomic mass is 10.1. The molecule has 3 nitrogen and oxygen atoms in total. The summed E-state index contributed by atoms with van der Waals surface area (Å²) in [7, 11) is 1.59. The first-order valence-corrected chi connectivity index (χ1v) is 6.62. The van der Waals surface area contributed by atoms with Gasteiger partial charge in [-0.2, -0.15) is 5.26 Å². The third-order valence-electron chi connectivity index (χ3n) is 3.07. The van der Waals surface area contributed by atoms with Gasteiger partial charge >= 0.3 is 0 Å². The molecule has 2 rings (SSSR count). The van der Waals surface area contributed by atoms with Gasteiger partial charge in [-0.25, -0.2) is 0 Å². The minimum Gasteiger partial charge on any atom is -0.495 e. The molecule has 1 unspecified atom stereocenters. The minimum atomic E-state index is 0.119. The zero-order chi connectivity index (χ0) is 14.5. The van der Waals surface area contributed by atoms with E-state index in [0.717, 1.165) is 11.3 Å². The van der Waals surface area contributed by atoms with Crippen LogP contribution in [0.1, 0.15) is 24.1 Å². The van der Waals surface area contributed by atoms with Crippen LogP contribution in [0, 0.1) is 11.3 Å². The maximum Gasteiger partial charge on any atom is 0.139 e. The first kappa shape index (κ1) is 14.2. The van der Waals surface area contributed by atoms with Gasteiger partial charge in [-0.3, -0.25) is 0 Å². The summed E-state index contributed by atoms with van der Waals surface area (Å²) in [5, 5.41) is 12.8. The molecule has 0 aliphatic carbocycles. The Morgan fingerprint density at radius 3 is 2.50 bits per heavy atom. The molecule has 0 heterocycles. The molecular formula is C16H15ClN2O. The van der Waals surface area contributed by atoms with E-state index in [9.17, 15) is 0 Å². The van der Waals surface area contributed by atoms with Crippen molar-refractivity contribution < 1.29 is 4.74 Å². The van der Waals surface area contributed by atoms with Crippen LogP contribution in [0.15, 0.2) is 42.5 Å². The van der Waals surface area contributed by atoms with E-state index in [4.69, 9.17) is 21.6 Å². The van der Waals surface area contributed by atoms with Crippen LogP contribution in [0.2, 0.25) is 5.02 Å². The lowest BCUT2D eigenvalue weighted by Crippen LogP contribution is -2.06. The average Bonchev–Trinajstić information content (AvgIpc) is 2.49. The number of benzene rings is 2. The SMILES string of the molecule is COc1cc(NC(C)c2ccc(C#N)cc2)ccc1Cl. The van der Waals surface area contributed by atoms with E-state index in [2.05, 4.69) is 18.3 Å². The van der Waals surface area contributed by atoms with Crippen LogP contribution in [-0.4, -0.2) is 7.11 Å². The lowest BCUT2D eigenvalue weighted by molar-refractivity contribution is 0.415. The maximum absolute atomic E-state index is 8.79. The second-order valence-electron chi connectivity index (χ2n) is 4.45. The van der Waals surface area contributed by atoms with Gasteiger partial charge in [0, 0.05) is 17.8 Å². The van der Waals surface area contributed by atoms with Crippen molar-refractivity contribution in [1.29, 1.82) is 5.26 Å². The molecule has 0 fully saturated rings. The number of nitriles is 1. The van der Waals surface area contributed by atoms with Gasteiger partial charge in [0.25, 0.3) is 0 Å². The maximum atomic E-state index is 8.79. The van der Waals surface area contributed by atoms with E-state index < -0.39 is 0 Å². The highest BCUT2D eigenvalue weighted by Crippen LogP contribution is 2.29. The average molecular weight is 287 g/mol. The quantitative estimate of drug-likeness (QED) is 0.906. The van der Waals surface area contributed by atoms with Crippen LogP contribution in [0.4, 0.5) is 5.69 Å².